The highest BCUT2D eigenvalue weighted by molar-refractivity contribution is 6.32. The Hall–Kier alpha value is -3.32. The highest BCUT2D eigenvalue weighted by Crippen LogP contribution is 2.33. The van der Waals surface area contributed by atoms with E-state index in [1.807, 2.05) is 25.1 Å². The number of carbonyl (C=O) groups is 3. The van der Waals surface area contributed by atoms with Gasteiger partial charge >= 0.3 is 12.0 Å². The Labute approximate surface area is 211 Å². The number of rotatable bonds is 9. The number of unbranched alkanes of at least 4 members (excludes halogenated alkanes) is 1. The van der Waals surface area contributed by atoms with Gasteiger partial charge in [0.1, 0.15) is 5.38 Å². The molecule has 186 valence electrons. The van der Waals surface area contributed by atoms with Crippen molar-refractivity contribution in [3.8, 4) is 0 Å². The maximum absolute atomic E-state index is 13.1. The number of halogens is 1. The number of amides is 3. The van der Waals surface area contributed by atoms with E-state index < -0.39 is 17.4 Å². The van der Waals surface area contributed by atoms with E-state index in [9.17, 15) is 14.4 Å². The van der Waals surface area contributed by atoms with E-state index in [2.05, 4.69) is 10.6 Å². The predicted molar refractivity (Wildman–Crippen MR) is 137 cm³/mol. The van der Waals surface area contributed by atoms with E-state index in [0.29, 0.717) is 34.6 Å². The normalized spacial score (nSPS) is 16.7. The van der Waals surface area contributed by atoms with Gasteiger partial charge in [-0.05, 0) is 50.5 Å². The molecule has 35 heavy (non-hydrogen) atoms. The minimum absolute atomic E-state index is 0.276. The van der Waals surface area contributed by atoms with Gasteiger partial charge in [-0.2, -0.15) is 0 Å². The first-order valence-corrected chi connectivity index (χ1v) is 12.3. The smallest absolute Gasteiger partial charge is 0.338 e. The van der Waals surface area contributed by atoms with E-state index in [0.717, 1.165) is 12.8 Å². The Balaban J connectivity index is 1.91. The second-order valence-electron chi connectivity index (χ2n) is 8.73. The third-order valence-electron chi connectivity index (χ3n) is 5.70. The molecule has 1 heterocycles. The molecule has 3 amide bonds. The van der Waals surface area contributed by atoms with E-state index in [-0.39, 0.29) is 18.0 Å². The second-order valence-corrected chi connectivity index (χ2v) is 9.17. The molecule has 2 N–H and O–H groups in total. The van der Waals surface area contributed by atoms with Gasteiger partial charge in [0.05, 0.1) is 17.7 Å². The molecule has 3 rings (SSSR count). The van der Waals surface area contributed by atoms with E-state index in [4.69, 9.17) is 16.3 Å². The number of hydrogen-bond donors (Lipinski definition) is 2. The lowest BCUT2D eigenvalue weighted by atomic mass is 9.94. The second kappa shape index (κ2) is 11.9. The van der Waals surface area contributed by atoms with Gasteiger partial charge in [-0.3, -0.25) is 9.69 Å². The van der Waals surface area contributed by atoms with Crippen LogP contribution in [0, 0.1) is 0 Å². The molecule has 0 radical (unpaired) electrons. The van der Waals surface area contributed by atoms with Crippen LogP contribution in [-0.4, -0.2) is 35.5 Å². The van der Waals surface area contributed by atoms with Gasteiger partial charge in [0, 0.05) is 17.9 Å². The largest absolute Gasteiger partial charge is 0.459 e. The van der Waals surface area contributed by atoms with Crippen LogP contribution in [0.25, 0.3) is 0 Å². The molecule has 1 aliphatic rings. The third-order valence-corrected chi connectivity index (χ3v) is 6.15. The SMILES string of the molecule is CCCCN1C(=O)NC(c2cccc(NC(=O)C(Cl)c3ccccc3)c2)C(C(=O)OC(C)C)=C1C. The van der Waals surface area contributed by atoms with Gasteiger partial charge in [-0.1, -0.05) is 55.8 Å². The number of esters is 1. The summed E-state index contributed by atoms with van der Waals surface area (Å²) in [5, 5.41) is 4.91. The molecule has 2 aromatic rings. The summed E-state index contributed by atoms with van der Waals surface area (Å²) in [4.78, 5) is 40.3. The molecular weight excluding hydrogens is 466 g/mol. The number of nitrogens with zero attached hydrogens (tertiary/aromatic N) is 1. The van der Waals surface area contributed by atoms with Crippen LogP contribution < -0.4 is 10.6 Å². The van der Waals surface area contributed by atoms with Crippen LogP contribution in [0.5, 0.6) is 0 Å². The van der Waals surface area contributed by atoms with Crippen LogP contribution in [0.4, 0.5) is 10.5 Å². The Bertz CT molecular complexity index is 1100. The summed E-state index contributed by atoms with van der Waals surface area (Å²) >= 11 is 6.36. The highest BCUT2D eigenvalue weighted by Gasteiger charge is 2.36. The van der Waals surface area contributed by atoms with Crippen molar-refractivity contribution < 1.29 is 19.1 Å². The zero-order valence-electron chi connectivity index (χ0n) is 20.5. The van der Waals surface area contributed by atoms with E-state index in [1.54, 1.807) is 62.1 Å². The summed E-state index contributed by atoms with van der Waals surface area (Å²) in [5.74, 6) is -0.858. The minimum Gasteiger partial charge on any atom is -0.459 e. The number of alkyl halides is 1. The fourth-order valence-electron chi connectivity index (χ4n) is 3.93. The average Bonchev–Trinajstić information content (AvgIpc) is 2.83. The summed E-state index contributed by atoms with van der Waals surface area (Å²) in [7, 11) is 0. The summed E-state index contributed by atoms with van der Waals surface area (Å²) in [6, 6.07) is 15.1. The molecule has 2 atom stereocenters. The number of urea groups is 1. The van der Waals surface area contributed by atoms with Crippen molar-refractivity contribution in [1.82, 2.24) is 10.2 Å². The topological polar surface area (TPSA) is 87.7 Å². The van der Waals surface area contributed by atoms with Crippen molar-refractivity contribution in [1.29, 1.82) is 0 Å². The minimum atomic E-state index is -0.861. The monoisotopic (exact) mass is 497 g/mol. The Morgan fingerprint density at radius 2 is 1.86 bits per heavy atom. The maximum atomic E-state index is 13.1. The van der Waals surface area contributed by atoms with Crippen LogP contribution in [0.15, 0.2) is 65.9 Å². The molecule has 0 fully saturated rings. The Kier molecular flexibility index (Phi) is 8.93. The molecule has 2 aromatic carbocycles. The molecule has 0 spiro atoms. The van der Waals surface area contributed by atoms with Crippen LogP contribution in [-0.2, 0) is 14.3 Å². The maximum Gasteiger partial charge on any atom is 0.338 e. The van der Waals surface area contributed by atoms with Crippen molar-refractivity contribution >= 4 is 35.2 Å². The fraction of sp³-hybridized carbons (Fsp3) is 0.370. The van der Waals surface area contributed by atoms with E-state index in [1.165, 1.54) is 0 Å². The summed E-state index contributed by atoms with van der Waals surface area (Å²) in [5.41, 5.74) is 2.78. The van der Waals surface area contributed by atoms with Crippen molar-refractivity contribution in [2.45, 2.75) is 58.1 Å². The molecule has 8 heteroatoms. The van der Waals surface area contributed by atoms with E-state index >= 15 is 0 Å². The number of hydrogen-bond acceptors (Lipinski definition) is 4. The standard InChI is InChI=1S/C27H32ClN3O4/c1-5-6-15-31-18(4)22(26(33)35-17(2)3)24(30-27(31)34)20-13-10-14-21(16-20)29-25(32)23(28)19-11-8-7-9-12-19/h7-14,16-17,23-24H,5-6,15H2,1-4H3,(H,29,32)(H,30,34). The lowest BCUT2D eigenvalue weighted by molar-refractivity contribution is -0.143. The summed E-state index contributed by atoms with van der Waals surface area (Å²) < 4.78 is 5.51. The van der Waals surface area contributed by atoms with Crippen molar-refractivity contribution in [2.24, 2.45) is 0 Å². The number of anilines is 1. The van der Waals surface area contributed by atoms with Gasteiger partial charge in [0.2, 0.25) is 5.91 Å². The number of nitrogens with one attached hydrogen (secondary N) is 2. The van der Waals surface area contributed by atoms with Crippen LogP contribution in [0.2, 0.25) is 0 Å². The summed E-state index contributed by atoms with van der Waals surface area (Å²) in [6.07, 6.45) is 1.41. The quantitative estimate of drug-likeness (QED) is 0.343. The summed E-state index contributed by atoms with van der Waals surface area (Å²) in [6.45, 7) is 7.88. The zero-order valence-corrected chi connectivity index (χ0v) is 21.3. The highest BCUT2D eigenvalue weighted by atomic mass is 35.5. The molecule has 7 nitrogen and oxygen atoms in total. The average molecular weight is 498 g/mol. The molecule has 0 bridgehead atoms. The zero-order chi connectivity index (χ0) is 25.5. The lowest BCUT2D eigenvalue weighted by Gasteiger charge is -2.35. The number of benzene rings is 2. The van der Waals surface area contributed by atoms with Gasteiger partial charge in [-0.15, -0.1) is 11.6 Å². The molecule has 0 aliphatic carbocycles. The third kappa shape index (κ3) is 6.42. The predicted octanol–water partition coefficient (Wildman–Crippen LogP) is 5.70. The van der Waals surface area contributed by atoms with Crippen LogP contribution in [0.1, 0.15) is 63.1 Å². The Morgan fingerprint density at radius 1 is 1.14 bits per heavy atom. The number of carbonyl (C=O) groups excluding carboxylic acids is 3. The molecule has 0 saturated carbocycles. The first kappa shape index (κ1) is 26.3. The molecule has 0 aromatic heterocycles. The van der Waals surface area contributed by atoms with Gasteiger partial charge in [0.25, 0.3) is 0 Å². The Morgan fingerprint density at radius 3 is 2.51 bits per heavy atom. The fourth-order valence-corrected chi connectivity index (χ4v) is 4.13. The molecular formula is C27H32ClN3O4. The van der Waals surface area contributed by atoms with Crippen molar-refractivity contribution in [3.05, 3.63) is 77.0 Å². The van der Waals surface area contributed by atoms with Gasteiger partial charge in [0.15, 0.2) is 0 Å². The van der Waals surface area contributed by atoms with Crippen molar-refractivity contribution in [3.63, 3.8) is 0 Å². The van der Waals surface area contributed by atoms with Crippen molar-refractivity contribution in [2.75, 3.05) is 11.9 Å². The molecule has 2 unspecified atom stereocenters. The van der Waals surface area contributed by atoms with Gasteiger partial charge < -0.3 is 15.4 Å². The van der Waals surface area contributed by atoms with Crippen LogP contribution >= 0.6 is 11.6 Å². The first-order valence-electron chi connectivity index (χ1n) is 11.8. The number of allylic oxidation sites excluding steroid dienone is 1. The lowest BCUT2D eigenvalue weighted by Crippen LogP contribution is -2.48. The van der Waals surface area contributed by atoms with Crippen LogP contribution in [0.3, 0.4) is 0 Å². The first-order chi connectivity index (χ1) is 16.7. The molecule has 0 saturated heterocycles. The molecule has 1 aliphatic heterocycles. The van der Waals surface area contributed by atoms with Gasteiger partial charge in [-0.25, -0.2) is 9.59 Å². The number of ether oxygens (including phenoxy) is 1.